The van der Waals surface area contributed by atoms with E-state index in [2.05, 4.69) is 5.32 Å². The third-order valence-electron chi connectivity index (χ3n) is 4.16. The molecule has 1 aliphatic heterocycles. The lowest BCUT2D eigenvalue weighted by molar-refractivity contribution is -0.124. The summed E-state index contributed by atoms with van der Waals surface area (Å²) in [5.41, 5.74) is 1.47. The smallest absolute Gasteiger partial charge is 0.256 e. The van der Waals surface area contributed by atoms with Crippen LogP contribution >= 0.6 is 35.1 Å². The largest absolute Gasteiger partial charge is 0.350 e. The fourth-order valence-electron chi connectivity index (χ4n) is 2.71. The molecule has 0 bridgehead atoms. The van der Waals surface area contributed by atoms with Crippen LogP contribution in [0.15, 0.2) is 53.4 Å². The summed E-state index contributed by atoms with van der Waals surface area (Å²) in [7, 11) is 0. The molecule has 1 fully saturated rings. The number of amides is 2. The first-order valence-corrected chi connectivity index (χ1v) is 10.9. The van der Waals surface area contributed by atoms with Gasteiger partial charge in [0.1, 0.15) is 6.04 Å². The molecule has 0 aliphatic carbocycles. The standard InChI is InChI=1S/C19H19ClN2O2S2/c1-25-14-7-8-16(20)15(9-14)19(24)22-12-26-11-17(22)18(23)21-10-13-5-3-2-4-6-13/h2-9,17H,10-12H2,1H3,(H,21,23)/t17-/m0/s1. The molecule has 0 saturated carbocycles. The number of nitrogens with zero attached hydrogens (tertiary/aromatic N) is 1. The van der Waals surface area contributed by atoms with Gasteiger partial charge < -0.3 is 10.2 Å². The fraction of sp³-hybridized carbons (Fsp3) is 0.263. The summed E-state index contributed by atoms with van der Waals surface area (Å²) < 4.78 is 0. The molecule has 7 heteroatoms. The van der Waals surface area contributed by atoms with Gasteiger partial charge in [0, 0.05) is 17.2 Å². The molecular weight excluding hydrogens is 388 g/mol. The molecular formula is C19H19ClN2O2S2. The van der Waals surface area contributed by atoms with E-state index in [-0.39, 0.29) is 11.8 Å². The molecule has 2 aromatic carbocycles. The second kappa shape index (κ2) is 8.84. The minimum Gasteiger partial charge on any atom is -0.350 e. The average molecular weight is 407 g/mol. The number of hydrogen-bond acceptors (Lipinski definition) is 4. The maximum absolute atomic E-state index is 13.0. The highest BCUT2D eigenvalue weighted by molar-refractivity contribution is 7.99. The number of nitrogens with one attached hydrogen (secondary N) is 1. The Hall–Kier alpha value is -1.63. The van der Waals surface area contributed by atoms with Gasteiger partial charge in [0.15, 0.2) is 0 Å². The van der Waals surface area contributed by atoms with E-state index in [1.165, 1.54) is 0 Å². The van der Waals surface area contributed by atoms with Gasteiger partial charge in [-0.05, 0) is 30.0 Å². The van der Waals surface area contributed by atoms with Gasteiger partial charge in [-0.15, -0.1) is 23.5 Å². The van der Waals surface area contributed by atoms with Crippen molar-refractivity contribution in [2.75, 3.05) is 17.9 Å². The predicted molar refractivity (Wildman–Crippen MR) is 109 cm³/mol. The molecule has 1 N–H and O–H groups in total. The second-order valence-electron chi connectivity index (χ2n) is 5.84. The van der Waals surface area contributed by atoms with Crippen molar-refractivity contribution in [3.63, 3.8) is 0 Å². The average Bonchev–Trinajstić information content (AvgIpc) is 3.17. The maximum atomic E-state index is 13.0. The van der Waals surface area contributed by atoms with Gasteiger partial charge in [-0.25, -0.2) is 0 Å². The van der Waals surface area contributed by atoms with E-state index < -0.39 is 6.04 Å². The van der Waals surface area contributed by atoms with Crippen LogP contribution in [0.5, 0.6) is 0 Å². The minimum atomic E-state index is -0.481. The van der Waals surface area contributed by atoms with Crippen LogP contribution in [0.1, 0.15) is 15.9 Å². The van der Waals surface area contributed by atoms with Crippen molar-refractivity contribution in [2.45, 2.75) is 17.5 Å². The first-order valence-electron chi connectivity index (χ1n) is 8.14. The highest BCUT2D eigenvalue weighted by Gasteiger charge is 2.35. The molecule has 26 heavy (non-hydrogen) atoms. The second-order valence-corrected chi connectivity index (χ2v) is 8.13. The summed E-state index contributed by atoms with van der Waals surface area (Å²) in [5, 5.41) is 3.34. The van der Waals surface area contributed by atoms with Gasteiger partial charge in [0.05, 0.1) is 16.5 Å². The highest BCUT2D eigenvalue weighted by Crippen LogP contribution is 2.28. The van der Waals surface area contributed by atoms with Gasteiger partial charge in [0.2, 0.25) is 5.91 Å². The zero-order chi connectivity index (χ0) is 18.5. The number of hydrogen-bond donors (Lipinski definition) is 1. The molecule has 2 aromatic rings. The Morgan fingerprint density at radius 1 is 1.27 bits per heavy atom. The van der Waals surface area contributed by atoms with Crippen molar-refractivity contribution in [3.8, 4) is 0 Å². The van der Waals surface area contributed by atoms with Crippen molar-refractivity contribution >= 4 is 46.9 Å². The van der Waals surface area contributed by atoms with E-state index in [4.69, 9.17) is 11.6 Å². The van der Waals surface area contributed by atoms with Crippen molar-refractivity contribution in [3.05, 3.63) is 64.7 Å². The van der Waals surface area contributed by atoms with Gasteiger partial charge in [-0.3, -0.25) is 9.59 Å². The molecule has 3 rings (SSSR count). The molecule has 136 valence electrons. The van der Waals surface area contributed by atoms with Gasteiger partial charge >= 0.3 is 0 Å². The minimum absolute atomic E-state index is 0.135. The maximum Gasteiger partial charge on any atom is 0.256 e. The number of carbonyl (C=O) groups excluding carboxylic acids is 2. The van der Waals surface area contributed by atoms with E-state index in [0.717, 1.165) is 10.5 Å². The van der Waals surface area contributed by atoms with Crippen LogP contribution in [-0.4, -0.2) is 40.6 Å². The first-order chi connectivity index (χ1) is 12.6. The Morgan fingerprint density at radius 3 is 2.77 bits per heavy atom. The summed E-state index contributed by atoms with van der Waals surface area (Å²) in [5.74, 6) is 0.744. The predicted octanol–water partition coefficient (Wildman–Crippen LogP) is 3.89. The Balaban J connectivity index is 1.71. The van der Waals surface area contributed by atoms with E-state index >= 15 is 0 Å². The van der Waals surface area contributed by atoms with Crippen LogP contribution in [0.3, 0.4) is 0 Å². The molecule has 1 aliphatic rings. The zero-order valence-electron chi connectivity index (χ0n) is 14.3. The summed E-state index contributed by atoms with van der Waals surface area (Å²) in [6.07, 6.45) is 1.95. The normalized spacial score (nSPS) is 16.5. The van der Waals surface area contributed by atoms with Gasteiger partial charge in [-0.1, -0.05) is 41.9 Å². The van der Waals surface area contributed by atoms with Crippen molar-refractivity contribution in [1.82, 2.24) is 10.2 Å². The number of thioether (sulfide) groups is 2. The van der Waals surface area contributed by atoms with Crippen LogP contribution in [0, 0.1) is 0 Å². The molecule has 0 unspecified atom stereocenters. The first kappa shape index (κ1) is 19.1. The molecule has 1 atom stereocenters. The SMILES string of the molecule is CSc1ccc(Cl)c(C(=O)N2CSC[C@H]2C(=O)NCc2ccccc2)c1. The lowest BCUT2D eigenvalue weighted by atomic mass is 10.1. The Kier molecular flexibility index (Phi) is 6.51. The molecule has 1 saturated heterocycles. The fourth-order valence-corrected chi connectivity index (χ4v) is 4.50. The Labute approximate surface area is 166 Å². The van der Waals surface area contributed by atoms with Crippen LogP contribution < -0.4 is 5.32 Å². The van der Waals surface area contributed by atoms with E-state index in [1.807, 2.05) is 42.7 Å². The number of halogens is 1. The van der Waals surface area contributed by atoms with Crippen LogP contribution in [0.25, 0.3) is 0 Å². The van der Waals surface area contributed by atoms with Crippen LogP contribution in [-0.2, 0) is 11.3 Å². The third-order valence-corrected chi connectivity index (χ3v) is 6.23. The Bertz CT molecular complexity index is 801. The number of benzene rings is 2. The van der Waals surface area contributed by atoms with E-state index in [1.54, 1.807) is 40.6 Å². The molecule has 1 heterocycles. The van der Waals surface area contributed by atoms with Crippen molar-refractivity contribution in [1.29, 1.82) is 0 Å². The van der Waals surface area contributed by atoms with Crippen LogP contribution in [0.2, 0.25) is 5.02 Å². The Morgan fingerprint density at radius 2 is 2.04 bits per heavy atom. The molecule has 0 spiro atoms. The monoisotopic (exact) mass is 406 g/mol. The van der Waals surface area contributed by atoms with Crippen LogP contribution in [0.4, 0.5) is 0 Å². The zero-order valence-corrected chi connectivity index (χ0v) is 16.7. The molecule has 4 nitrogen and oxygen atoms in total. The molecule has 0 radical (unpaired) electrons. The van der Waals surface area contributed by atoms with E-state index in [0.29, 0.717) is 28.8 Å². The molecule has 0 aromatic heterocycles. The number of rotatable bonds is 5. The lowest BCUT2D eigenvalue weighted by Crippen LogP contribution is -2.47. The summed E-state index contributed by atoms with van der Waals surface area (Å²) in [6, 6.07) is 14.6. The molecule has 2 amide bonds. The number of carbonyl (C=O) groups is 2. The van der Waals surface area contributed by atoms with Gasteiger partial charge in [0.25, 0.3) is 5.91 Å². The topological polar surface area (TPSA) is 49.4 Å². The highest BCUT2D eigenvalue weighted by atomic mass is 35.5. The lowest BCUT2D eigenvalue weighted by Gasteiger charge is -2.23. The summed E-state index contributed by atoms with van der Waals surface area (Å²) in [4.78, 5) is 28.2. The third kappa shape index (κ3) is 4.37. The van der Waals surface area contributed by atoms with Crippen molar-refractivity contribution < 1.29 is 9.59 Å². The van der Waals surface area contributed by atoms with Crippen molar-refractivity contribution in [2.24, 2.45) is 0 Å². The summed E-state index contributed by atoms with van der Waals surface area (Å²) in [6.45, 7) is 0.450. The van der Waals surface area contributed by atoms with E-state index in [9.17, 15) is 9.59 Å². The summed E-state index contributed by atoms with van der Waals surface area (Å²) >= 11 is 9.36. The van der Waals surface area contributed by atoms with Gasteiger partial charge in [-0.2, -0.15) is 0 Å². The quantitative estimate of drug-likeness (QED) is 0.765.